The lowest BCUT2D eigenvalue weighted by molar-refractivity contribution is 0.253. The molecule has 1 aliphatic rings. The third-order valence-electron chi connectivity index (χ3n) is 6.06. The van der Waals surface area contributed by atoms with E-state index in [0.717, 1.165) is 29.8 Å². The van der Waals surface area contributed by atoms with Gasteiger partial charge >= 0.3 is 6.03 Å². The first-order chi connectivity index (χ1) is 14.8. The number of nitrogens with zero attached hydrogens (tertiary/aromatic N) is 2. The van der Waals surface area contributed by atoms with E-state index in [2.05, 4.69) is 45.0 Å². The molecule has 31 heavy (non-hydrogen) atoms. The molecule has 3 aromatic rings. The standard InChI is InChI=1S/C26H26Cl2N2O/c1-4-16-26(3)24(19-7-5-6-18(2)17-19)29(22-12-8-20(27)9-13-22)25(31)30(26)23-14-10-21(28)11-15-23/h5-15,17,24H,4,16H2,1-3H3/t24-,26-/m0/s1. The zero-order valence-corrected chi connectivity index (χ0v) is 19.5. The number of amides is 2. The van der Waals surface area contributed by atoms with E-state index in [-0.39, 0.29) is 12.1 Å². The van der Waals surface area contributed by atoms with E-state index in [0.29, 0.717) is 10.0 Å². The van der Waals surface area contributed by atoms with Gasteiger partial charge in [0.05, 0.1) is 11.6 Å². The summed E-state index contributed by atoms with van der Waals surface area (Å²) in [5.41, 5.74) is 3.52. The molecule has 1 saturated heterocycles. The van der Waals surface area contributed by atoms with E-state index in [9.17, 15) is 4.79 Å². The van der Waals surface area contributed by atoms with Gasteiger partial charge in [-0.2, -0.15) is 0 Å². The van der Waals surface area contributed by atoms with Gasteiger partial charge < -0.3 is 0 Å². The van der Waals surface area contributed by atoms with Crippen molar-refractivity contribution in [1.82, 2.24) is 0 Å². The topological polar surface area (TPSA) is 23.6 Å². The van der Waals surface area contributed by atoms with Crippen molar-refractivity contribution in [2.24, 2.45) is 0 Å². The average Bonchev–Trinajstić information content (AvgIpc) is 2.96. The lowest BCUT2D eigenvalue weighted by Gasteiger charge is -2.39. The lowest BCUT2D eigenvalue weighted by atomic mass is 9.82. The Morgan fingerprint density at radius 2 is 1.48 bits per heavy atom. The quantitative estimate of drug-likeness (QED) is 0.383. The third kappa shape index (κ3) is 3.93. The molecule has 1 fully saturated rings. The molecular formula is C26H26Cl2N2O. The maximum atomic E-state index is 14.0. The smallest absolute Gasteiger partial charge is 0.286 e. The van der Waals surface area contributed by atoms with E-state index in [1.807, 2.05) is 58.3 Å². The van der Waals surface area contributed by atoms with Crippen LogP contribution in [0.15, 0.2) is 72.8 Å². The maximum Gasteiger partial charge on any atom is 0.330 e. The Kier molecular flexibility index (Phi) is 6.00. The second-order valence-electron chi connectivity index (χ2n) is 8.36. The molecule has 0 spiro atoms. The summed E-state index contributed by atoms with van der Waals surface area (Å²) in [6.45, 7) is 6.43. The fourth-order valence-corrected chi connectivity index (χ4v) is 5.05. The number of hydrogen-bond donors (Lipinski definition) is 0. The van der Waals surface area contributed by atoms with Gasteiger partial charge in [0, 0.05) is 21.4 Å². The highest BCUT2D eigenvalue weighted by Gasteiger charge is 2.55. The highest BCUT2D eigenvalue weighted by molar-refractivity contribution is 6.31. The van der Waals surface area contributed by atoms with Gasteiger partial charge in [-0.15, -0.1) is 0 Å². The first kappa shape index (κ1) is 21.7. The van der Waals surface area contributed by atoms with Gasteiger partial charge in [-0.3, -0.25) is 9.80 Å². The Balaban J connectivity index is 1.94. The van der Waals surface area contributed by atoms with Crippen molar-refractivity contribution >= 4 is 40.6 Å². The first-order valence-corrected chi connectivity index (χ1v) is 11.3. The molecule has 4 rings (SSSR count). The van der Waals surface area contributed by atoms with Crippen molar-refractivity contribution in [1.29, 1.82) is 0 Å². The molecule has 1 heterocycles. The minimum absolute atomic E-state index is 0.0490. The molecular weight excluding hydrogens is 427 g/mol. The van der Waals surface area contributed by atoms with Crippen molar-refractivity contribution in [3.8, 4) is 0 Å². The van der Waals surface area contributed by atoms with Crippen LogP contribution in [0.5, 0.6) is 0 Å². The van der Waals surface area contributed by atoms with Gasteiger partial charge in [-0.25, -0.2) is 4.79 Å². The number of benzene rings is 3. The molecule has 0 bridgehead atoms. The summed E-state index contributed by atoms with van der Waals surface area (Å²) in [6, 6.07) is 23.3. The number of carbonyl (C=O) groups is 1. The molecule has 2 atom stereocenters. The summed E-state index contributed by atoms with van der Waals surface area (Å²) in [5.74, 6) is 0. The van der Waals surface area contributed by atoms with Crippen molar-refractivity contribution in [2.75, 3.05) is 9.80 Å². The Labute approximate surface area is 194 Å². The molecule has 0 N–H and O–H groups in total. The molecule has 0 aliphatic carbocycles. The van der Waals surface area contributed by atoms with Gasteiger partial charge in [-0.05, 0) is 74.4 Å². The highest BCUT2D eigenvalue weighted by atomic mass is 35.5. The number of hydrogen-bond acceptors (Lipinski definition) is 1. The molecule has 160 valence electrons. The summed E-state index contributed by atoms with van der Waals surface area (Å²) in [4.78, 5) is 17.9. The molecule has 2 amide bonds. The van der Waals surface area contributed by atoms with Crippen LogP contribution in [0, 0.1) is 6.92 Å². The van der Waals surface area contributed by atoms with Crippen LogP contribution >= 0.6 is 23.2 Å². The second kappa shape index (κ2) is 8.57. The average molecular weight is 453 g/mol. The second-order valence-corrected chi connectivity index (χ2v) is 9.24. The van der Waals surface area contributed by atoms with Crippen LogP contribution in [0.1, 0.15) is 43.9 Å². The number of carbonyl (C=O) groups excluding carboxylic acids is 1. The molecule has 0 radical (unpaired) electrons. The Morgan fingerprint density at radius 1 is 0.903 bits per heavy atom. The number of anilines is 2. The normalized spacial score (nSPS) is 21.1. The molecule has 0 unspecified atom stereocenters. The van der Waals surface area contributed by atoms with E-state index in [1.165, 1.54) is 5.56 Å². The summed E-state index contributed by atoms with van der Waals surface area (Å²) in [5, 5.41) is 1.30. The highest BCUT2D eigenvalue weighted by Crippen LogP contribution is 2.50. The molecule has 3 aromatic carbocycles. The molecule has 1 aliphatic heterocycles. The van der Waals surface area contributed by atoms with Crippen LogP contribution in [-0.2, 0) is 0 Å². The van der Waals surface area contributed by atoms with Crippen molar-refractivity contribution in [3.63, 3.8) is 0 Å². The molecule has 0 saturated carbocycles. The largest absolute Gasteiger partial charge is 0.330 e. The maximum absolute atomic E-state index is 14.0. The van der Waals surface area contributed by atoms with Crippen LogP contribution < -0.4 is 9.80 Å². The predicted molar refractivity (Wildman–Crippen MR) is 130 cm³/mol. The fourth-order valence-electron chi connectivity index (χ4n) is 4.80. The minimum atomic E-state index is -0.451. The SMILES string of the molecule is CCC[C@@]1(C)[C@H](c2cccc(C)c2)N(c2ccc(Cl)cc2)C(=O)N1c1ccc(Cl)cc1. The zero-order valence-electron chi connectivity index (χ0n) is 18.0. The summed E-state index contributed by atoms with van der Waals surface area (Å²) >= 11 is 12.3. The predicted octanol–water partition coefficient (Wildman–Crippen LogP) is 8.05. The van der Waals surface area contributed by atoms with Gasteiger partial charge in [0.2, 0.25) is 0 Å². The Bertz CT molecular complexity index is 1080. The van der Waals surface area contributed by atoms with Crippen LogP contribution in [-0.4, -0.2) is 11.6 Å². The van der Waals surface area contributed by atoms with Crippen LogP contribution in [0.25, 0.3) is 0 Å². The van der Waals surface area contributed by atoms with Gasteiger partial charge in [0.15, 0.2) is 0 Å². The zero-order chi connectivity index (χ0) is 22.2. The van der Waals surface area contributed by atoms with Crippen LogP contribution in [0.3, 0.4) is 0 Å². The Hall–Kier alpha value is -2.49. The molecule has 0 aromatic heterocycles. The van der Waals surface area contributed by atoms with Crippen molar-refractivity contribution in [3.05, 3.63) is 94.0 Å². The number of aryl methyl sites for hydroxylation is 1. The summed E-state index contributed by atoms with van der Waals surface area (Å²) < 4.78 is 0. The van der Waals surface area contributed by atoms with Crippen molar-refractivity contribution < 1.29 is 4.79 Å². The number of urea groups is 1. The van der Waals surface area contributed by atoms with Gasteiger partial charge in [0.1, 0.15) is 0 Å². The van der Waals surface area contributed by atoms with Crippen molar-refractivity contribution in [2.45, 2.75) is 45.2 Å². The van der Waals surface area contributed by atoms with E-state index >= 15 is 0 Å². The van der Waals surface area contributed by atoms with E-state index in [4.69, 9.17) is 23.2 Å². The lowest BCUT2D eigenvalue weighted by Crippen LogP contribution is -2.46. The van der Waals surface area contributed by atoms with E-state index in [1.54, 1.807) is 0 Å². The summed E-state index contributed by atoms with van der Waals surface area (Å²) in [7, 11) is 0. The monoisotopic (exact) mass is 452 g/mol. The van der Waals surface area contributed by atoms with Gasteiger partial charge in [-0.1, -0.05) is 66.4 Å². The molecule has 5 heteroatoms. The molecule has 3 nitrogen and oxygen atoms in total. The van der Waals surface area contributed by atoms with Crippen LogP contribution in [0.4, 0.5) is 16.2 Å². The van der Waals surface area contributed by atoms with Crippen LogP contribution in [0.2, 0.25) is 10.0 Å². The number of halogens is 2. The Morgan fingerprint density at radius 3 is 2.03 bits per heavy atom. The fraction of sp³-hybridized carbons (Fsp3) is 0.269. The minimum Gasteiger partial charge on any atom is -0.286 e. The van der Waals surface area contributed by atoms with E-state index < -0.39 is 5.54 Å². The summed E-state index contributed by atoms with van der Waals surface area (Å²) in [6.07, 6.45) is 1.80. The van der Waals surface area contributed by atoms with Gasteiger partial charge in [0.25, 0.3) is 0 Å². The third-order valence-corrected chi connectivity index (χ3v) is 6.56. The number of rotatable bonds is 5. The first-order valence-electron chi connectivity index (χ1n) is 10.6.